The van der Waals surface area contributed by atoms with Crippen LogP contribution in [0, 0.1) is 11.3 Å². The van der Waals surface area contributed by atoms with E-state index in [1.54, 1.807) is 7.11 Å². The lowest BCUT2D eigenvalue weighted by molar-refractivity contribution is 0.349. The van der Waals surface area contributed by atoms with Crippen molar-refractivity contribution >= 4 is 10.2 Å². The Bertz CT molecular complexity index is 637. The Morgan fingerprint density at radius 1 is 1.41 bits per heavy atom. The molecule has 1 fully saturated rings. The number of rotatable bonds is 6. The van der Waals surface area contributed by atoms with Gasteiger partial charge in [-0.3, -0.25) is 0 Å². The Kier molecular flexibility index (Phi) is 5.40. The summed E-state index contributed by atoms with van der Waals surface area (Å²) in [6.07, 6.45) is 1.83. The first kappa shape index (κ1) is 16.7. The maximum Gasteiger partial charge on any atom is 0.282 e. The van der Waals surface area contributed by atoms with E-state index in [-0.39, 0.29) is 19.0 Å². The van der Waals surface area contributed by atoms with Crippen molar-refractivity contribution in [1.29, 1.82) is 5.26 Å². The third-order valence-corrected chi connectivity index (χ3v) is 5.93. The van der Waals surface area contributed by atoms with Crippen molar-refractivity contribution in [2.75, 3.05) is 27.2 Å². The lowest BCUT2D eigenvalue weighted by atomic mass is 10.1. The summed E-state index contributed by atoms with van der Waals surface area (Å²) < 4.78 is 33.3. The molecule has 1 aromatic rings. The van der Waals surface area contributed by atoms with Crippen LogP contribution in [0.3, 0.4) is 0 Å². The van der Waals surface area contributed by atoms with Gasteiger partial charge in [0, 0.05) is 26.6 Å². The molecule has 0 spiro atoms. The molecule has 120 valence electrons. The molecule has 0 saturated carbocycles. The number of hydrogen-bond donors (Lipinski definition) is 0. The maximum atomic E-state index is 12.7. The van der Waals surface area contributed by atoms with Crippen LogP contribution in [-0.2, 0) is 10.2 Å². The van der Waals surface area contributed by atoms with E-state index in [9.17, 15) is 8.42 Å². The van der Waals surface area contributed by atoms with Gasteiger partial charge in [-0.1, -0.05) is 12.1 Å². The molecule has 0 aromatic heterocycles. The summed E-state index contributed by atoms with van der Waals surface area (Å²) >= 11 is 0. The lowest BCUT2D eigenvalue weighted by Crippen LogP contribution is -2.41. The zero-order valence-electron chi connectivity index (χ0n) is 12.9. The highest BCUT2D eigenvalue weighted by molar-refractivity contribution is 7.86. The number of ether oxygens (including phenoxy) is 1. The topological polar surface area (TPSA) is 73.6 Å². The van der Waals surface area contributed by atoms with Crippen LogP contribution in [0.25, 0.3) is 0 Å². The van der Waals surface area contributed by atoms with Crippen LogP contribution in [0.15, 0.2) is 24.3 Å². The molecule has 6 nitrogen and oxygen atoms in total. The minimum atomic E-state index is -3.54. The predicted molar refractivity (Wildman–Crippen MR) is 83.5 cm³/mol. The summed E-state index contributed by atoms with van der Waals surface area (Å²) in [5, 5.41) is 8.63. The van der Waals surface area contributed by atoms with Crippen LogP contribution in [0.5, 0.6) is 5.75 Å². The zero-order chi connectivity index (χ0) is 16.2. The minimum absolute atomic E-state index is 0.152. The zero-order valence-corrected chi connectivity index (χ0v) is 13.7. The standard InChI is InChI=1S/C15H21N3O3S/c1-17(11-4-10-16)22(19,20)18-12-3-5-15(18)13-6-8-14(21-2)9-7-13/h6-9,15H,3-5,11-12H2,1-2H3. The maximum absolute atomic E-state index is 12.7. The Morgan fingerprint density at radius 3 is 2.68 bits per heavy atom. The van der Waals surface area contributed by atoms with Gasteiger partial charge in [0.25, 0.3) is 10.2 Å². The first-order valence-corrected chi connectivity index (χ1v) is 8.64. The van der Waals surface area contributed by atoms with E-state index in [2.05, 4.69) is 0 Å². The van der Waals surface area contributed by atoms with E-state index in [4.69, 9.17) is 10.00 Å². The lowest BCUT2D eigenvalue weighted by Gasteiger charge is -2.28. The molecule has 7 heteroatoms. The van der Waals surface area contributed by atoms with Gasteiger partial charge < -0.3 is 4.74 Å². The fraction of sp³-hybridized carbons (Fsp3) is 0.533. The molecule has 0 amide bonds. The van der Waals surface area contributed by atoms with E-state index >= 15 is 0 Å². The van der Waals surface area contributed by atoms with Gasteiger partial charge in [0.05, 0.1) is 19.2 Å². The Hall–Kier alpha value is -1.62. The SMILES string of the molecule is COc1ccc(C2CCCN2S(=O)(=O)N(C)CCC#N)cc1. The normalized spacial score (nSPS) is 19.3. The van der Waals surface area contributed by atoms with E-state index in [1.165, 1.54) is 15.7 Å². The molecule has 1 aliphatic heterocycles. The fourth-order valence-corrected chi connectivity index (χ4v) is 4.27. The van der Waals surface area contributed by atoms with Crippen molar-refractivity contribution in [3.63, 3.8) is 0 Å². The summed E-state index contributed by atoms with van der Waals surface area (Å²) in [6, 6.07) is 9.33. The van der Waals surface area contributed by atoms with Gasteiger partial charge in [0.2, 0.25) is 0 Å². The number of hydrogen-bond acceptors (Lipinski definition) is 4. The van der Waals surface area contributed by atoms with E-state index in [0.717, 1.165) is 24.2 Å². The number of methoxy groups -OCH3 is 1. The van der Waals surface area contributed by atoms with Crippen LogP contribution in [0.2, 0.25) is 0 Å². The summed E-state index contributed by atoms with van der Waals surface area (Å²) in [6.45, 7) is 0.723. The van der Waals surface area contributed by atoms with Gasteiger partial charge in [-0.15, -0.1) is 0 Å². The van der Waals surface area contributed by atoms with Crippen molar-refractivity contribution in [3.05, 3.63) is 29.8 Å². The van der Waals surface area contributed by atoms with Crippen molar-refractivity contribution < 1.29 is 13.2 Å². The summed E-state index contributed by atoms with van der Waals surface area (Å²) in [7, 11) is -0.413. The third-order valence-electron chi connectivity index (χ3n) is 3.93. The Labute approximate surface area is 132 Å². The summed E-state index contributed by atoms with van der Waals surface area (Å²) in [5.41, 5.74) is 0.968. The highest BCUT2D eigenvalue weighted by atomic mass is 32.2. The van der Waals surface area contributed by atoms with Gasteiger partial charge in [-0.05, 0) is 30.5 Å². The molecule has 1 heterocycles. The van der Waals surface area contributed by atoms with Crippen LogP contribution in [-0.4, -0.2) is 44.3 Å². The van der Waals surface area contributed by atoms with Crippen molar-refractivity contribution in [2.24, 2.45) is 0 Å². The molecule has 0 bridgehead atoms. The van der Waals surface area contributed by atoms with Crippen LogP contribution in [0.1, 0.15) is 30.9 Å². The molecule has 1 aromatic carbocycles. The highest BCUT2D eigenvalue weighted by Crippen LogP contribution is 2.35. The molecule has 1 saturated heterocycles. The van der Waals surface area contributed by atoms with Gasteiger partial charge in [-0.25, -0.2) is 0 Å². The Balaban J connectivity index is 2.20. The molecule has 0 N–H and O–H groups in total. The van der Waals surface area contributed by atoms with Crippen molar-refractivity contribution in [3.8, 4) is 11.8 Å². The molecule has 1 atom stereocenters. The molecule has 22 heavy (non-hydrogen) atoms. The van der Waals surface area contributed by atoms with E-state index in [0.29, 0.717) is 6.54 Å². The first-order chi connectivity index (χ1) is 10.5. The van der Waals surface area contributed by atoms with Gasteiger partial charge >= 0.3 is 0 Å². The van der Waals surface area contributed by atoms with Crippen LogP contribution in [0.4, 0.5) is 0 Å². The van der Waals surface area contributed by atoms with E-state index < -0.39 is 10.2 Å². The smallest absolute Gasteiger partial charge is 0.282 e. The molecule has 0 aliphatic carbocycles. The average Bonchev–Trinajstić information content (AvgIpc) is 3.03. The number of nitrogens with zero attached hydrogens (tertiary/aromatic N) is 3. The summed E-state index contributed by atoms with van der Waals surface area (Å²) in [5.74, 6) is 0.752. The van der Waals surface area contributed by atoms with Crippen LogP contribution < -0.4 is 4.74 Å². The molecular formula is C15H21N3O3S. The van der Waals surface area contributed by atoms with Gasteiger partial charge in [0.15, 0.2) is 0 Å². The molecule has 2 rings (SSSR count). The largest absolute Gasteiger partial charge is 0.497 e. The van der Waals surface area contributed by atoms with Gasteiger partial charge in [-0.2, -0.15) is 22.3 Å². The highest BCUT2D eigenvalue weighted by Gasteiger charge is 2.37. The van der Waals surface area contributed by atoms with Crippen LogP contribution >= 0.6 is 0 Å². The number of nitriles is 1. The quantitative estimate of drug-likeness (QED) is 0.801. The van der Waals surface area contributed by atoms with Crippen molar-refractivity contribution in [1.82, 2.24) is 8.61 Å². The van der Waals surface area contributed by atoms with E-state index in [1.807, 2.05) is 30.3 Å². The second-order valence-corrected chi connectivity index (χ2v) is 7.27. The first-order valence-electron chi connectivity index (χ1n) is 7.24. The second kappa shape index (κ2) is 7.09. The number of benzene rings is 1. The molecular weight excluding hydrogens is 302 g/mol. The molecule has 0 radical (unpaired) electrons. The van der Waals surface area contributed by atoms with Gasteiger partial charge in [0.1, 0.15) is 5.75 Å². The van der Waals surface area contributed by atoms with Crippen molar-refractivity contribution in [2.45, 2.75) is 25.3 Å². The average molecular weight is 323 g/mol. The predicted octanol–water partition coefficient (Wildman–Crippen LogP) is 1.92. The Morgan fingerprint density at radius 2 is 2.09 bits per heavy atom. The second-order valence-electron chi connectivity index (χ2n) is 5.28. The fourth-order valence-electron chi connectivity index (χ4n) is 2.68. The molecule has 1 unspecified atom stereocenters. The monoisotopic (exact) mass is 323 g/mol. The third kappa shape index (κ3) is 3.40. The summed E-state index contributed by atoms with van der Waals surface area (Å²) in [4.78, 5) is 0. The molecule has 1 aliphatic rings. The minimum Gasteiger partial charge on any atom is -0.497 e.